The molecule has 8 heteroatoms. The van der Waals surface area contributed by atoms with Crippen molar-refractivity contribution in [3.05, 3.63) is 35.4 Å². The van der Waals surface area contributed by atoms with Crippen LogP contribution in [0.25, 0.3) is 0 Å². The van der Waals surface area contributed by atoms with Gasteiger partial charge in [-0.15, -0.1) is 0 Å². The minimum Gasteiger partial charge on any atom is -0.481 e. The zero-order chi connectivity index (χ0) is 20.4. The molecule has 150 valence electrons. The minimum absolute atomic E-state index is 0.0234. The van der Waals surface area contributed by atoms with Crippen LogP contribution in [0, 0.1) is 11.8 Å². The fraction of sp³-hybridized carbons (Fsp3) is 0.579. The molecule has 0 saturated carbocycles. The van der Waals surface area contributed by atoms with E-state index in [1.54, 1.807) is 20.8 Å². The molecule has 0 aliphatic carbocycles. The lowest BCUT2D eigenvalue weighted by molar-refractivity contribution is -0.145. The van der Waals surface area contributed by atoms with Crippen molar-refractivity contribution in [1.29, 1.82) is 0 Å². The number of carbonyl (C=O) groups is 2. The van der Waals surface area contributed by atoms with Gasteiger partial charge in [0, 0.05) is 13.1 Å². The average molecular weight is 387 g/mol. The minimum atomic E-state index is -4.40. The zero-order valence-corrected chi connectivity index (χ0v) is 15.5. The molecule has 0 bridgehead atoms. The number of benzene rings is 1. The molecule has 2 rings (SSSR count). The topological polar surface area (TPSA) is 66.8 Å². The van der Waals surface area contributed by atoms with E-state index in [-0.39, 0.29) is 12.5 Å². The number of carboxylic acid groups (broad SMARTS) is 1. The summed E-state index contributed by atoms with van der Waals surface area (Å²) in [6.07, 6.45) is -4.17. The highest BCUT2D eigenvalue weighted by molar-refractivity contribution is 5.73. The molecule has 1 aliphatic heterocycles. The summed E-state index contributed by atoms with van der Waals surface area (Å²) in [5.74, 6) is -2.09. The van der Waals surface area contributed by atoms with Crippen LogP contribution < -0.4 is 0 Å². The van der Waals surface area contributed by atoms with Crippen LogP contribution in [-0.2, 0) is 22.1 Å². The summed E-state index contributed by atoms with van der Waals surface area (Å²) in [4.78, 5) is 25.2. The number of hydrogen-bond donors (Lipinski definition) is 1. The summed E-state index contributed by atoms with van der Waals surface area (Å²) in [5.41, 5.74) is -0.766. The smallest absolute Gasteiger partial charge is 0.416 e. The molecule has 5 nitrogen and oxygen atoms in total. The van der Waals surface area contributed by atoms with Crippen molar-refractivity contribution in [2.75, 3.05) is 13.1 Å². The Morgan fingerprint density at radius 3 is 2.26 bits per heavy atom. The van der Waals surface area contributed by atoms with Crippen molar-refractivity contribution in [2.45, 2.75) is 45.4 Å². The molecule has 27 heavy (non-hydrogen) atoms. The maximum Gasteiger partial charge on any atom is 0.416 e. The molecule has 1 aromatic rings. The molecule has 0 radical (unpaired) electrons. The first-order valence-corrected chi connectivity index (χ1v) is 8.73. The summed E-state index contributed by atoms with van der Waals surface area (Å²) < 4.78 is 43.3. The number of carboxylic acids is 1. The molecule has 0 aromatic heterocycles. The molecule has 1 saturated heterocycles. The van der Waals surface area contributed by atoms with Gasteiger partial charge in [-0.05, 0) is 57.2 Å². The summed E-state index contributed by atoms with van der Waals surface area (Å²) in [6, 6.07) is 4.76. The molecular formula is C19H24F3NO4. The molecule has 2 atom stereocenters. The molecule has 1 heterocycles. The Labute approximate surface area is 156 Å². The maximum absolute atomic E-state index is 12.7. The largest absolute Gasteiger partial charge is 0.481 e. The number of rotatable bonds is 3. The zero-order valence-electron chi connectivity index (χ0n) is 15.5. The summed E-state index contributed by atoms with van der Waals surface area (Å²) in [7, 11) is 0. The number of aliphatic carboxylic acids is 1. The first-order valence-electron chi connectivity index (χ1n) is 8.73. The van der Waals surface area contributed by atoms with E-state index in [1.165, 1.54) is 17.0 Å². The Bertz CT molecular complexity index is 680. The number of amides is 1. The van der Waals surface area contributed by atoms with E-state index in [0.717, 1.165) is 12.1 Å². The van der Waals surface area contributed by atoms with Gasteiger partial charge in [-0.1, -0.05) is 12.1 Å². The quantitative estimate of drug-likeness (QED) is 0.844. The van der Waals surface area contributed by atoms with Crippen LogP contribution in [0.5, 0.6) is 0 Å². The molecule has 1 aromatic carbocycles. The van der Waals surface area contributed by atoms with Crippen LogP contribution in [0.4, 0.5) is 18.0 Å². The number of carbonyl (C=O) groups excluding carboxylic acids is 1. The second kappa shape index (κ2) is 7.78. The molecule has 1 amide bonds. The van der Waals surface area contributed by atoms with Crippen LogP contribution >= 0.6 is 0 Å². The van der Waals surface area contributed by atoms with E-state index >= 15 is 0 Å². The van der Waals surface area contributed by atoms with E-state index in [0.29, 0.717) is 24.9 Å². The van der Waals surface area contributed by atoms with Gasteiger partial charge in [0.25, 0.3) is 0 Å². The molecule has 1 N–H and O–H groups in total. The number of nitrogens with zero attached hydrogens (tertiary/aromatic N) is 1. The van der Waals surface area contributed by atoms with Crippen molar-refractivity contribution in [2.24, 2.45) is 11.8 Å². The van der Waals surface area contributed by atoms with Crippen molar-refractivity contribution < 1.29 is 32.6 Å². The predicted molar refractivity (Wildman–Crippen MR) is 92.2 cm³/mol. The van der Waals surface area contributed by atoms with Crippen LogP contribution in [-0.4, -0.2) is 40.8 Å². The first-order chi connectivity index (χ1) is 12.4. The van der Waals surface area contributed by atoms with Crippen molar-refractivity contribution >= 4 is 12.1 Å². The SMILES string of the molecule is CC(C)(C)OC(=O)N1CC[C@H](Cc2ccc(C(F)(F)F)cc2)[C@H](C(=O)O)C1. The highest BCUT2D eigenvalue weighted by Gasteiger charge is 2.37. The summed E-state index contributed by atoms with van der Waals surface area (Å²) >= 11 is 0. The number of likely N-dealkylation sites (tertiary alicyclic amines) is 1. The van der Waals surface area contributed by atoms with Crippen LogP contribution in [0.15, 0.2) is 24.3 Å². The van der Waals surface area contributed by atoms with Gasteiger partial charge in [0.15, 0.2) is 0 Å². The van der Waals surface area contributed by atoms with Gasteiger partial charge in [0.1, 0.15) is 5.60 Å². The summed E-state index contributed by atoms with van der Waals surface area (Å²) in [6.45, 7) is 5.57. The number of halogens is 3. The Balaban J connectivity index is 2.06. The molecule has 1 aliphatic rings. The molecule has 0 unspecified atom stereocenters. The Morgan fingerprint density at radius 1 is 1.19 bits per heavy atom. The van der Waals surface area contributed by atoms with Crippen LogP contribution in [0.1, 0.15) is 38.3 Å². The van der Waals surface area contributed by atoms with Crippen LogP contribution in [0.3, 0.4) is 0 Å². The van der Waals surface area contributed by atoms with Crippen molar-refractivity contribution in [1.82, 2.24) is 4.90 Å². The van der Waals surface area contributed by atoms with Crippen LogP contribution in [0.2, 0.25) is 0 Å². The first kappa shape index (κ1) is 21.1. The predicted octanol–water partition coefficient (Wildman–Crippen LogP) is 4.21. The van der Waals surface area contributed by atoms with E-state index in [4.69, 9.17) is 4.74 Å². The molecule has 1 fully saturated rings. The number of ether oxygens (including phenoxy) is 1. The number of hydrogen-bond acceptors (Lipinski definition) is 3. The fourth-order valence-electron chi connectivity index (χ4n) is 3.15. The number of alkyl halides is 3. The van der Waals surface area contributed by atoms with Gasteiger partial charge in [-0.25, -0.2) is 4.79 Å². The lowest BCUT2D eigenvalue weighted by Gasteiger charge is -2.37. The van der Waals surface area contributed by atoms with Gasteiger partial charge in [0.2, 0.25) is 0 Å². The third-order valence-electron chi connectivity index (χ3n) is 4.50. The van der Waals surface area contributed by atoms with E-state index in [9.17, 15) is 27.9 Å². The molecule has 0 spiro atoms. The second-order valence-electron chi connectivity index (χ2n) is 7.82. The Hall–Kier alpha value is -2.25. The second-order valence-corrected chi connectivity index (χ2v) is 7.82. The Morgan fingerprint density at radius 2 is 1.78 bits per heavy atom. The third-order valence-corrected chi connectivity index (χ3v) is 4.50. The Kier molecular flexibility index (Phi) is 6.07. The van der Waals surface area contributed by atoms with E-state index < -0.39 is 35.3 Å². The van der Waals surface area contributed by atoms with E-state index in [2.05, 4.69) is 0 Å². The van der Waals surface area contributed by atoms with Gasteiger partial charge < -0.3 is 14.7 Å². The summed E-state index contributed by atoms with van der Waals surface area (Å²) in [5, 5.41) is 9.54. The lowest BCUT2D eigenvalue weighted by atomic mass is 9.81. The lowest BCUT2D eigenvalue weighted by Crippen LogP contribution is -2.48. The van der Waals surface area contributed by atoms with Crippen molar-refractivity contribution in [3.63, 3.8) is 0 Å². The molecular weight excluding hydrogens is 363 g/mol. The number of piperidine rings is 1. The monoisotopic (exact) mass is 387 g/mol. The third kappa shape index (κ3) is 5.87. The van der Waals surface area contributed by atoms with Gasteiger partial charge >= 0.3 is 18.2 Å². The van der Waals surface area contributed by atoms with E-state index in [1.807, 2.05) is 0 Å². The van der Waals surface area contributed by atoms with Gasteiger partial charge in [0.05, 0.1) is 11.5 Å². The normalized spacial score (nSPS) is 21.0. The fourth-order valence-corrected chi connectivity index (χ4v) is 3.15. The maximum atomic E-state index is 12.7. The van der Waals surface area contributed by atoms with Crippen molar-refractivity contribution in [3.8, 4) is 0 Å². The standard InChI is InChI=1S/C19H24F3NO4/c1-18(2,3)27-17(26)23-9-8-13(15(11-23)16(24)25)10-12-4-6-14(7-5-12)19(20,21)22/h4-7,13,15H,8-11H2,1-3H3,(H,24,25)/t13-,15-/m1/s1. The van der Waals surface area contributed by atoms with Gasteiger partial charge in [-0.3, -0.25) is 4.79 Å². The highest BCUT2D eigenvalue weighted by atomic mass is 19.4. The highest BCUT2D eigenvalue weighted by Crippen LogP contribution is 2.31. The average Bonchev–Trinajstić information content (AvgIpc) is 2.53. The van der Waals surface area contributed by atoms with Gasteiger partial charge in [-0.2, -0.15) is 13.2 Å².